The van der Waals surface area contributed by atoms with Gasteiger partial charge in [-0.05, 0) is 6.42 Å². The smallest absolute Gasteiger partial charge is 0.0925 e. The normalized spacial score (nSPS) is 13.4. The first-order chi connectivity index (χ1) is 5.24. The van der Waals surface area contributed by atoms with Gasteiger partial charge in [0.25, 0.3) is 0 Å². The number of H-pyrrole nitrogens is 1. The van der Waals surface area contributed by atoms with E-state index in [0.717, 1.165) is 12.8 Å². The predicted molar refractivity (Wildman–Crippen MR) is 55.2 cm³/mol. The van der Waals surface area contributed by atoms with Crippen LogP contribution >= 0.6 is 22.6 Å². The van der Waals surface area contributed by atoms with E-state index in [9.17, 15) is 0 Å². The first-order valence-corrected chi connectivity index (χ1v) is 5.13. The van der Waals surface area contributed by atoms with Gasteiger partial charge in [0.1, 0.15) is 0 Å². The summed E-state index contributed by atoms with van der Waals surface area (Å²) < 4.78 is 0.679. The molecule has 0 saturated heterocycles. The van der Waals surface area contributed by atoms with Crippen LogP contribution in [0.15, 0.2) is 6.33 Å². The van der Waals surface area contributed by atoms with Gasteiger partial charge in [-0.1, -0.05) is 36.4 Å². The van der Waals surface area contributed by atoms with Gasteiger partial charge >= 0.3 is 0 Å². The SMILES string of the molecule is CCc1nc[nH]c1CC(C)I. The average molecular weight is 264 g/mol. The fraction of sp³-hybridized carbons (Fsp3) is 0.625. The molecular weight excluding hydrogens is 251 g/mol. The Balaban J connectivity index is 2.68. The standard InChI is InChI=1S/C8H13IN2/c1-3-7-8(4-6(2)9)11-5-10-7/h5-6H,3-4H2,1-2H3,(H,10,11). The van der Waals surface area contributed by atoms with Crippen molar-refractivity contribution in [3.8, 4) is 0 Å². The van der Waals surface area contributed by atoms with Gasteiger partial charge in [0.05, 0.1) is 12.0 Å². The molecule has 1 rings (SSSR count). The molecule has 1 aromatic heterocycles. The van der Waals surface area contributed by atoms with E-state index in [1.54, 1.807) is 6.33 Å². The largest absolute Gasteiger partial charge is 0.348 e. The highest BCUT2D eigenvalue weighted by atomic mass is 127. The lowest BCUT2D eigenvalue weighted by atomic mass is 10.2. The van der Waals surface area contributed by atoms with Crippen molar-refractivity contribution in [1.29, 1.82) is 0 Å². The lowest BCUT2D eigenvalue weighted by Gasteiger charge is -2.01. The summed E-state index contributed by atoms with van der Waals surface area (Å²) in [5.74, 6) is 0. The van der Waals surface area contributed by atoms with Gasteiger partial charge in [0.15, 0.2) is 0 Å². The molecule has 0 radical (unpaired) electrons. The van der Waals surface area contributed by atoms with Crippen molar-refractivity contribution in [2.45, 2.75) is 30.6 Å². The minimum Gasteiger partial charge on any atom is -0.348 e. The number of rotatable bonds is 3. The molecule has 1 N–H and O–H groups in total. The molecule has 1 unspecified atom stereocenters. The number of halogens is 1. The maximum atomic E-state index is 4.23. The van der Waals surface area contributed by atoms with Crippen molar-refractivity contribution in [1.82, 2.24) is 9.97 Å². The lowest BCUT2D eigenvalue weighted by molar-refractivity contribution is 0.906. The summed E-state index contributed by atoms with van der Waals surface area (Å²) >= 11 is 2.43. The molecule has 0 aliphatic heterocycles. The predicted octanol–water partition coefficient (Wildman–Crippen LogP) is 2.34. The molecule has 0 aliphatic rings. The molecule has 3 heteroatoms. The summed E-state index contributed by atoms with van der Waals surface area (Å²) in [6, 6.07) is 0. The van der Waals surface area contributed by atoms with E-state index in [1.165, 1.54) is 11.4 Å². The molecule has 1 atom stereocenters. The van der Waals surface area contributed by atoms with E-state index in [0.29, 0.717) is 3.92 Å². The van der Waals surface area contributed by atoms with Crippen LogP contribution in [-0.2, 0) is 12.8 Å². The highest BCUT2D eigenvalue weighted by molar-refractivity contribution is 14.1. The molecule has 0 aliphatic carbocycles. The van der Waals surface area contributed by atoms with Crippen LogP contribution in [-0.4, -0.2) is 13.9 Å². The van der Waals surface area contributed by atoms with E-state index >= 15 is 0 Å². The molecule has 0 saturated carbocycles. The molecule has 2 nitrogen and oxygen atoms in total. The van der Waals surface area contributed by atoms with Crippen LogP contribution in [0.3, 0.4) is 0 Å². The Bertz CT molecular complexity index is 218. The van der Waals surface area contributed by atoms with Crippen molar-refractivity contribution in [2.75, 3.05) is 0 Å². The fourth-order valence-corrected chi connectivity index (χ4v) is 1.55. The lowest BCUT2D eigenvalue weighted by Crippen LogP contribution is -1.99. The topological polar surface area (TPSA) is 28.7 Å². The van der Waals surface area contributed by atoms with E-state index in [-0.39, 0.29) is 0 Å². The summed E-state index contributed by atoms with van der Waals surface area (Å²) in [5.41, 5.74) is 2.52. The van der Waals surface area contributed by atoms with Gasteiger partial charge in [0, 0.05) is 16.0 Å². The highest BCUT2D eigenvalue weighted by Gasteiger charge is 2.05. The Morgan fingerprint density at radius 3 is 3.00 bits per heavy atom. The second-order valence-electron chi connectivity index (χ2n) is 2.67. The third-order valence-electron chi connectivity index (χ3n) is 1.63. The number of aromatic nitrogens is 2. The molecule has 11 heavy (non-hydrogen) atoms. The number of aromatic amines is 1. The Morgan fingerprint density at radius 1 is 1.73 bits per heavy atom. The maximum Gasteiger partial charge on any atom is 0.0925 e. The molecule has 0 bridgehead atoms. The van der Waals surface area contributed by atoms with Crippen molar-refractivity contribution in [3.63, 3.8) is 0 Å². The Morgan fingerprint density at radius 2 is 2.45 bits per heavy atom. The van der Waals surface area contributed by atoms with Crippen LogP contribution in [0.5, 0.6) is 0 Å². The molecule has 62 valence electrons. The number of nitrogens with zero attached hydrogens (tertiary/aromatic N) is 1. The first kappa shape index (κ1) is 9.03. The van der Waals surface area contributed by atoms with E-state index in [1.807, 2.05) is 0 Å². The molecule has 0 aromatic carbocycles. The van der Waals surface area contributed by atoms with Crippen LogP contribution in [0, 0.1) is 0 Å². The second kappa shape index (κ2) is 4.09. The minimum absolute atomic E-state index is 0.679. The number of hydrogen-bond acceptors (Lipinski definition) is 1. The van der Waals surface area contributed by atoms with Gasteiger partial charge in [-0.2, -0.15) is 0 Å². The van der Waals surface area contributed by atoms with Gasteiger partial charge < -0.3 is 4.98 Å². The van der Waals surface area contributed by atoms with Crippen molar-refractivity contribution in [2.24, 2.45) is 0 Å². The van der Waals surface area contributed by atoms with E-state index in [4.69, 9.17) is 0 Å². The van der Waals surface area contributed by atoms with E-state index in [2.05, 4.69) is 46.4 Å². The summed E-state index contributed by atoms with van der Waals surface area (Å²) in [6.45, 7) is 4.35. The molecule has 0 amide bonds. The van der Waals surface area contributed by atoms with Crippen LogP contribution in [0.4, 0.5) is 0 Å². The van der Waals surface area contributed by atoms with Crippen molar-refractivity contribution >= 4 is 22.6 Å². The van der Waals surface area contributed by atoms with Crippen molar-refractivity contribution < 1.29 is 0 Å². The van der Waals surface area contributed by atoms with Gasteiger partial charge in [-0.15, -0.1) is 0 Å². The van der Waals surface area contributed by atoms with Crippen LogP contribution in [0.2, 0.25) is 0 Å². The van der Waals surface area contributed by atoms with Crippen LogP contribution < -0.4 is 0 Å². The van der Waals surface area contributed by atoms with Gasteiger partial charge in [-0.25, -0.2) is 4.98 Å². The Labute approximate surface area is 80.9 Å². The van der Waals surface area contributed by atoms with Gasteiger partial charge in [0.2, 0.25) is 0 Å². The number of alkyl halides is 1. The van der Waals surface area contributed by atoms with Crippen LogP contribution in [0.25, 0.3) is 0 Å². The number of imidazole rings is 1. The summed E-state index contributed by atoms with van der Waals surface area (Å²) in [7, 11) is 0. The number of nitrogens with one attached hydrogen (secondary N) is 1. The monoisotopic (exact) mass is 264 g/mol. The quantitative estimate of drug-likeness (QED) is 0.658. The Kier molecular flexibility index (Phi) is 3.36. The second-order valence-corrected chi connectivity index (χ2v) is 4.79. The van der Waals surface area contributed by atoms with E-state index < -0.39 is 0 Å². The van der Waals surface area contributed by atoms with Crippen molar-refractivity contribution in [3.05, 3.63) is 17.7 Å². The molecule has 1 heterocycles. The maximum absolute atomic E-state index is 4.23. The van der Waals surface area contributed by atoms with Crippen LogP contribution in [0.1, 0.15) is 25.2 Å². The number of hydrogen-bond donors (Lipinski definition) is 1. The zero-order chi connectivity index (χ0) is 8.27. The summed E-state index contributed by atoms with van der Waals surface area (Å²) in [4.78, 5) is 7.40. The molecule has 0 spiro atoms. The first-order valence-electron chi connectivity index (χ1n) is 3.89. The van der Waals surface area contributed by atoms with Gasteiger partial charge in [-0.3, -0.25) is 0 Å². The third kappa shape index (κ3) is 2.47. The third-order valence-corrected chi connectivity index (χ3v) is 2.07. The minimum atomic E-state index is 0.679. The number of aryl methyl sites for hydroxylation is 1. The Hall–Kier alpha value is -0.0600. The molecule has 0 fully saturated rings. The zero-order valence-electron chi connectivity index (χ0n) is 6.89. The fourth-order valence-electron chi connectivity index (χ4n) is 1.11. The average Bonchev–Trinajstić information content (AvgIpc) is 2.34. The highest BCUT2D eigenvalue weighted by Crippen LogP contribution is 2.11. The zero-order valence-corrected chi connectivity index (χ0v) is 9.05. The molecule has 1 aromatic rings. The summed E-state index contributed by atoms with van der Waals surface area (Å²) in [5, 5.41) is 0. The summed E-state index contributed by atoms with van der Waals surface area (Å²) in [6.07, 6.45) is 3.92. The molecular formula is C8H13IN2.